The van der Waals surface area contributed by atoms with Crippen molar-refractivity contribution in [3.63, 3.8) is 0 Å². The van der Waals surface area contributed by atoms with Crippen molar-refractivity contribution in [2.24, 2.45) is 0 Å². The molecule has 8 aromatic carbocycles. The summed E-state index contributed by atoms with van der Waals surface area (Å²) in [7, 11) is 0. The van der Waals surface area contributed by atoms with E-state index in [1.165, 1.54) is 53.2 Å². The number of aromatic nitrogens is 4. The van der Waals surface area contributed by atoms with E-state index in [1.54, 1.807) is 0 Å². The van der Waals surface area contributed by atoms with Crippen LogP contribution < -0.4 is 0 Å². The van der Waals surface area contributed by atoms with E-state index in [4.69, 9.17) is 19.4 Å². The maximum Gasteiger partial charge on any atom is 0.238 e. The fourth-order valence-electron chi connectivity index (χ4n) is 10.5. The second-order valence-electron chi connectivity index (χ2n) is 17.3. The van der Waals surface area contributed by atoms with Crippen molar-refractivity contribution < 1.29 is 4.42 Å². The molecule has 0 fully saturated rings. The summed E-state index contributed by atoms with van der Waals surface area (Å²) in [4.78, 5) is 16.0. The Hall–Kier alpha value is -8.45. The normalized spacial score (nSPS) is 13.0. The van der Waals surface area contributed by atoms with Gasteiger partial charge in [-0.2, -0.15) is 9.97 Å². The summed E-state index contributed by atoms with van der Waals surface area (Å²) in [6.07, 6.45) is 19.3. The standard InChI is InChI=1S/C61H38N4OS.C2H6/c1-5-17-38(18-6-1)59-62-60(39-32-34-46-45-20-8-3-9-30-53(45)66-54(46)36-39)64-61(63-59)65-52-35-33-37-16-4-2-7-19-40(37)56(52)51-29-14-26-48(57(51)65)43-24-12-23-42-41(43)22-13-25-44(42)49-27-15-28-50-47-21-10-11-31-55(47)67-58(49)50;1-2/h1,4-36H,2-3H2;1-2H3. The second kappa shape index (κ2) is 16.7. The van der Waals surface area contributed by atoms with E-state index in [0.717, 1.165) is 79.2 Å². The van der Waals surface area contributed by atoms with E-state index in [9.17, 15) is 0 Å². The van der Waals surface area contributed by atoms with Gasteiger partial charge in [0.15, 0.2) is 11.6 Å². The highest BCUT2D eigenvalue weighted by Gasteiger charge is 2.24. The maximum absolute atomic E-state index is 6.47. The summed E-state index contributed by atoms with van der Waals surface area (Å²) in [6, 6.07) is 56.7. The molecule has 5 nitrogen and oxygen atoms in total. The largest absolute Gasteiger partial charge is 0.456 e. The molecule has 0 aliphatic heterocycles. The number of rotatable bonds is 5. The first-order valence-electron chi connectivity index (χ1n) is 23.8. The van der Waals surface area contributed by atoms with Crippen molar-refractivity contribution >= 4 is 99.4 Å². The van der Waals surface area contributed by atoms with Gasteiger partial charge < -0.3 is 4.42 Å². The monoisotopic (exact) mass is 904 g/mol. The summed E-state index contributed by atoms with van der Waals surface area (Å²) >= 11 is 1.87. The average Bonchev–Trinajstić information content (AvgIpc) is 3.93. The molecule has 328 valence electrons. The van der Waals surface area contributed by atoms with Crippen molar-refractivity contribution in [1.29, 1.82) is 0 Å². The molecule has 0 bridgehead atoms. The summed E-state index contributed by atoms with van der Waals surface area (Å²) in [5.41, 5.74) is 12.8. The molecule has 0 saturated carbocycles. The van der Waals surface area contributed by atoms with Gasteiger partial charge in [0.2, 0.25) is 5.95 Å². The van der Waals surface area contributed by atoms with E-state index in [2.05, 4.69) is 193 Å². The fraction of sp³-hybridized carbons (Fsp3) is 0.0635. The summed E-state index contributed by atoms with van der Waals surface area (Å²) in [5, 5.41) is 8.34. The molecule has 14 rings (SSSR count). The van der Waals surface area contributed by atoms with Crippen LogP contribution in [0.1, 0.15) is 49.1 Å². The third kappa shape index (κ3) is 6.62. The van der Waals surface area contributed by atoms with Gasteiger partial charge in [-0.3, -0.25) is 4.57 Å². The van der Waals surface area contributed by atoms with Crippen LogP contribution in [0.4, 0.5) is 0 Å². The number of thiophene rings is 1. The molecule has 4 aromatic heterocycles. The predicted octanol–water partition coefficient (Wildman–Crippen LogP) is 17.8. The quantitative estimate of drug-likeness (QED) is 0.173. The topological polar surface area (TPSA) is 56.7 Å². The number of furan rings is 1. The second-order valence-corrected chi connectivity index (χ2v) is 18.4. The summed E-state index contributed by atoms with van der Waals surface area (Å²) in [6.45, 7) is 4.00. The molecule has 12 aromatic rings. The molecule has 69 heavy (non-hydrogen) atoms. The molecule has 2 aliphatic rings. The van der Waals surface area contributed by atoms with E-state index in [0.29, 0.717) is 17.6 Å². The molecular weight excluding hydrogens is 861 g/mol. The van der Waals surface area contributed by atoms with Gasteiger partial charge in [-0.15, -0.1) is 11.3 Å². The minimum Gasteiger partial charge on any atom is -0.456 e. The van der Waals surface area contributed by atoms with Crippen molar-refractivity contribution in [1.82, 2.24) is 19.5 Å². The fourth-order valence-corrected chi connectivity index (χ4v) is 11.7. The molecule has 0 N–H and O–H groups in total. The van der Waals surface area contributed by atoms with Gasteiger partial charge in [0.1, 0.15) is 11.3 Å². The zero-order valence-electron chi connectivity index (χ0n) is 38.1. The van der Waals surface area contributed by atoms with Gasteiger partial charge in [0.25, 0.3) is 0 Å². The lowest BCUT2D eigenvalue weighted by molar-refractivity contribution is 0.603. The van der Waals surface area contributed by atoms with Gasteiger partial charge in [0.05, 0.1) is 11.0 Å². The number of fused-ring (bicyclic) bond motifs is 12. The highest BCUT2D eigenvalue weighted by atomic mass is 32.1. The molecular formula is C63H44N4OS. The lowest BCUT2D eigenvalue weighted by atomic mass is 9.91. The highest BCUT2D eigenvalue weighted by Crippen LogP contribution is 2.46. The molecule has 2 aliphatic carbocycles. The minimum absolute atomic E-state index is 0.544. The summed E-state index contributed by atoms with van der Waals surface area (Å²) < 4.78 is 11.4. The molecule has 4 heterocycles. The van der Waals surface area contributed by atoms with Crippen LogP contribution in [0.2, 0.25) is 0 Å². The number of hydrogen-bond donors (Lipinski definition) is 0. The molecule has 0 atom stereocenters. The van der Waals surface area contributed by atoms with Crippen LogP contribution in [0.15, 0.2) is 186 Å². The van der Waals surface area contributed by atoms with Crippen LogP contribution >= 0.6 is 11.3 Å². The van der Waals surface area contributed by atoms with Gasteiger partial charge in [-0.25, -0.2) is 4.98 Å². The first-order valence-corrected chi connectivity index (χ1v) is 24.6. The maximum atomic E-state index is 6.47. The summed E-state index contributed by atoms with van der Waals surface area (Å²) in [5.74, 6) is 2.57. The van der Waals surface area contributed by atoms with Gasteiger partial charge in [0, 0.05) is 64.1 Å². The zero-order valence-corrected chi connectivity index (χ0v) is 39.0. The highest BCUT2D eigenvalue weighted by molar-refractivity contribution is 7.26. The molecule has 0 saturated heterocycles. The van der Waals surface area contributed by atoms with Crippen LogP contribution in [-0.4, -0.2) is 19.5 Å². The molecule has 0 spiro atoms. The molecule has 0 unspecified atom stereocenters. The van der Waals surface area contributed by atoms with Crippen molar-refractivity contribution in [2.45, 2.75) is 26.7 Å². The molecule has 6 heteroatoms. The van der Waals surface area contributed by atoms with Crippen LogP contribution in [0.25, 0.3) is 139 Å². The van der Waals surface area contributed by atoms with E-state index < -0.39 is 0 Å². The van der Waals surface area contributed by atoms with Crippen LogP contribution in [-0.2, 0) is 0 Å². The number of para-hydroxylation sites is 1. The molecule has 0 amide bonds. The lowest BCUT2D eigenvalue weighted by Gasteiger charge is -2.15. The Morgan fingerprint density at radius 3 is 1.93 bits per heavy atom. The third-order valence-electron chi connectivity index (χ3n) is 13.5. The van der Waals surface area contributed by atoms with Crippen LogP contribution in [0.5, 0.6) is 0 Å². The smallest absolute Gasteiger partial charge is 0.238 e. The van der Waals surface area contributed by atoms with E-state index in [1.807, 2.05) is 43.4 Å². The van der Waals surface area contributed by atoms with Crippen LogP contribution in [0.3, 0.4) is 0 Å². The zero-order chi connectivity index (χ0) is 46.0. The Kier molecular flexibility index (Phi) is 9.88. The number of allylic oxidation sites excluding steroid dienone is 4. The lowest BCUT2D eigenvalue weighted by Crippen LogP contribution is -2.07. The average molecular weight is 905 g/mol. The van der Waals surface area contributed by atoms with E-state index >= 15 is 0 Å². The van der Waals surface area contributed by atoms with Gasteiger partial charge in [-0.1, -0.05) is 190 Å². The Bertz CT molecular complexity index is 4160. The number of hydrogen-bond acceptors (Lipinski definition) is 5. The Labute approximate surface area is 403 Å². The Balaban J connectivity index is 0.00000232. The SMILES string of the molecule is C1=Cc2ccc3c(c2C=CC1)c1cccc(-c2cccc4c(-c5cccc6c5sc5ccccc56)cccc24)c1n3-c1nc(-c2ccccc2)nc(-c2ccc3c4c(oc3c2)C=CCC=C4)n1.CC. The van der Waals surface area contributed by atoms with Crippen molar-refractivity contribution in [3.05, 3.63) is 204 Å². The molecule has 0 radical (unpaired) electrons. The van der Waals surface area contributed by atoms with Crippen molar-refractivity contribution in [2.75, 3.05) is 0 Å². The van der Waals surface area contributed by atoms with Crippen molar-refractivity contribution in [3.8, 4) is 51.0 Å². The number of nitrogens with zero attached hydrogens (tertiary/aromatic N) is 4. The Morgan fingerprint density at radius 1 is 0.478 bits per heavy atom. The Morgan fingerprint density at radius 2 is 1.12 bits per heavy atom. The number of benzene rings is 8. The van der Waals surface area contributed by atoms with E-state index in [-0.39, 0.29) is 0 Å². The van der Waals surface area contributed by atoms with Crippen LogP contribution in [0, 0.1) is 0 Å². The predicted molar refractivity (Wildman–Crippen MR) is 293 cm³/mol. The van der Waals surface area contributed by atoms with Gasteiger partial charge in [-0.05, 0) is 76.2 Å². The third-order valence-corrected chi connectivity index (χ3v) is 14.7. The first kappa shape index (κ1) is 40.8. The van der Waals surface area contributed by atoms with Gasteiger partial charge >= 0.3 is 0 Å². The minimum atomic E-state index is 0.544. The first-order chi connectivity index (χ1) is 34.2.